The van der Waals surface area contributed by atoms with Crippen LogP contribution in [-0.4, -0.2) is 43.3 Å². The molecule has 0 fully saturated rings. The summed E-state index contributed by atoms with van der Waals surface area (Å²) in [7, 11) is 3.30. The van der Waals surface area contributed by atoms with Gasteiger partial charge in [0.25, 0.3) is 11.8 Å². The molecule has 0 bridgehead atoms. The fourth-order valence-electron chi connectivity index (χ4n) is 2.24. The van der Waals surface area contributed by atoms with Crippen LogP contribution in [0.25, 0.3) is 0 Å². The Balaban J connectivity index is 1.78. The van der Waals surface area contributed by atoms with Crippen molar-refractivity contribution < 1.29 is 14.4 Å². The average molecular weight is 359 g/mol. The van der Waals surface area contributed by atoms with E-state index in [1.54, 1.807) is 37.2 Å². The zero-order chi connectivity index (χ0) is 18.2. The fourth-order valence-corrected chi connectivity index (χ4v) is 2.88. The minimum absolute atomic E-state index is 0.0538. The van der Waals surface area contributed by atoms with Crippen molar-refractivity contribution in [2.24, 2.45) is 0 Å². The van der Waals surface area contributed by atoms with Crippen molar-refractivity contribution in [3.63, 3.8) is 0 Å². The Labute approximate surface area is 150 Å². The van der Waals surface area contributed by atoms with E-state index in [1.165, 1.54) is 11.3 Å². The minimum atomic E-state index is -0.157. The first-order chi connectivity index (χ1) is 12.0. The van der Waals surface area contributed by atoms with E-state index in [0.29, 0.717) is 23.5 Å². The van der Waals surface area contributed by atoms with Gasteiger partial charge in [-0.1, -0.05) is 18.2 Å². The highest BCUT2D eigenvalue weighted by Gasteiger charge is 2.11. The predicted molar refractivity (Wildman–Crippen MR) is 97.6 cm³/mol. The third kappa shape index (κ3) is 5.42. The van der Waals surface area contributed by atoms with Crippen LogP contribution in [-0.2, 0) is 11.3 Å². The summed E-state index contributed by atoms with van der Waals surface area (Å²) in [5.41, 5.74) is 1.52. The van der Waals surface area contributed by atoms with Gasteiger partial charge in [-0.2, -0.15) is 0 Å². The molecule has 2 N–H and O–H groups in total. The lowest BCUT2D eigenvalue weighted by atomic mass is 10.1. The number of carbonyl (C=O) groups excluding carboxylic acids is 3. The van der Waals surface area contributed by atoms with Crippen LogP contribution in [0, 0.1) is 0 Å². The Morgan fingerprint density at radius 2 is 1.80 bits per heavy atom. The van der Waals surface area contributed by atoms with E-state index in [2.05, 4.69) is 10.6 Å². The van der Waals surface area contributed by atoms with Crippen LogP contribution < -0.4 is 10.6 Å². The van der Waals surface area contributed by atoms with Gasteiger partial charge in [-0.05, 0) is 29.1 Å². The first-order valence-electron chi connectivity index (χ1n) is 7.88. The van der Waals surface area contributed by atoms with Gasteiger partial charge in [-0.3, -0.25) is 14.4 Å². The SMILES string of the molecule is CNC(=O)c1ccc(CN(C)C(=O)CCNC(=O)c2cccs2)cc1. The van der Waals surface area contributed by atoms with Crippen molar-refractivity contribution in [3.05, 3.63) is 57.8 Å². The number of carbonyl (C=O) groups is 3. The van der Waals surface area contributed by atoms with Crippen molar-refractivity contribution >= 4 is 29.1 Å². The molecule has 1 aromatic carbocycles. The molecule has 132 valence electrons. The third-order valence-corrected chi connectivity index (χ3v) is 4.53. The normalized spacial score (nSPS) is 10.2. The summed E-state index contributed by atoms with van der Waals surface area (Å²) in [6, 6.07) is 10.7. The molecule has 0 spiro atoms. The van der Waals surface area contributed by atoms with Crippen LogP contribution >= 0.6 is 11.3 Å². The number of amides is 3. The second-order valence-corrected chi connectivity index (χ2v) is 6.46. The lowest BCUT2D eigenvalue weighted by Crippen LogP contribution is -2.31. The molecule has 7 heteroatoms. The first-order valence-corrected chi connectivity index (χ1v) is 8.76. The Hall–Kier alpha value is -2.67. The topological polar surface area (TPSA) is 78.5 Å². The number of benzene rings is 1. The zero-order valence-corrected chi connectivity index (χ0v) is 15.1. The summed E-state index contributed by atoms with van der Waals surface area (Å²) in [6.45, 7) is 0.751. The van der Waals surface area contributed by atoms with Crippen molar-refractivity contribution in [2.75, 3.05) is 20.6 Å². The van der Waals surface area contributed by atoms with E-state index in [0.717, 1.165) is 5.56 Å². The maximum absolute atomic E-state index is 12.1. The summed E-state index contributed by atoms with van der Waals surface area (Å²) in [4.78, 5) is 37.7. The molecule has 25 heavy (non-hydrogen) atoms. The highest BCUT2D eigenvalue weighted by Crippen LogP contribution is 2.09. The third-order valence-electron chi connectivity index (χ3n) is 3.66. The number of hydrogen-bond acceptors (Lipinski definition) is 4. The largest absolute Gasteiger partial charge is 0.355 e. The molecule has 0 unspecified atom stereocenters. The fraction of sp³-hybridized carbons (Fsp3) is 0.278. The Morgan fingerprint density at radius 3 is 2.40 bits per heavy atom. The standard InChI is InChI=1S/C18H21N3O3S/c1-19-17(23)14-7-5-13(6-8-14)12-21(2)16(22)9-10-20-18(24)15-4-3-11-25-15/h3-8,11H,9-10,12H2,1-2H3,(H,19,23)(H,20,24). The van der Waals surface area contributed by atoms with Crippen molar-refractivity contribution in [1.82, 2.24) is 15.5 Å². The predicted octanol–water partition coefficient (Wildman–Crippen LogP) is 1.89. The molecule has 0 atom stereocenters. The molecule has 2 aromatic rings. The second kappa shape index (κ2) is 8.98. The number of nitrogens with zero attached hydrogens (tertiary/aromatic N) is 1. The average Bonchev–Trinajstić information content (AvgIpc) is 3.16. The lowest BCUT2D eigenvalue weighted by Gasteiger charge is -2.17. The van der Waals surface area contributed by atoms with E-state index in [-0.39, 0.29) is 24.1 Å². The molecule has 3 amide bonds. The summed E-state index contributed by atoms with van der Waals surface area (Å²) in [5.74, 6) is -0.352. The maximum Gasteiger partial charge on any atom is 0.261 e. The molecule has 0 aliphatic rings. The smallest absolute Gasteiger partial charge is 0.261 e. The maximum atomic E-state index is 12.1. The quantitative estimate of drug-likeness (QED) is 0.792. The molecule has 0 saturated carbocycles. The second-order valence-electron chi connectivity index (χ2n) is 5.51. The van der Waals surface area contributed by atoms with Gasteiger partial charge in [0.2, 0.25) is 5.91 Å². The van der Waals surface area contributed by atoms with Gasteiger partial charge >= 0.3 is 0 Å². The van der Waals surface area contributed by atoms with Crippen LogP contribution in [0.4, 0.5) is 0 Å². The molecule has 1 aromatic heterocycles. The molecule has 1 heterocycles. The summed E-state index contributed by atoms with van der Waals surface area (Å²) >= 11 is 1.37. The van der Waals surface area contributed by atoms with Gasteiger partial charge in [0.05, 0.1) is 4.88 Å². The van der Waals surface area contributed by atoms with Gasteiger partial charge in [0, 0.05) is 39.2 Å². The number of thiophene rings is 1. The Morgan fingerprint density at radius 1 is 1.08 bits per heavy atom. The summed E-state index contributed by atoms with van der Waals surface area (Å²) < 4.78 is 0. The van der Waals surface area contributed by atoms with Gasteiger partial charge < -0.3 is 15.5 Å². The van der Waals surface area contributed by atoms with Gasteiger partial charge in [-0.25, -0.2) is 0 Å². The van der Waals surface area contributed by atoms with Crippen LogP contribution in [0.15, 0.2) is 41.8 Å². The van der Waals surface area contributed by atoms with Crippen LogP contribution in [0.5, 0.6) is 0 Å². The van der Waals surface area contributed by atoms with Crippen molar-refractivity contribution in [1.29, 1.82) is 0 Å². The highest BCUT2D eigenvalue weighted by molar-refractivity contribution is 7.12. The molecular formula is C18H21N3O3S. The number of nitrogens with one attached hydrogen (secondary N) is 2. The molecule has 2 rings (SSSR count). The molecule has 6 nitrogen and oxygen atoms in total. The van der Waals surface area contributed by atoms with Crippen LogP contribution in [0.1, 0.15) is 32.0 Å². The van der Waals surface area contributed by atoms with E-state index in [4.69, 9.17) is 0 Å². The van der Waals surface area contributed by atoms with Gasteiger partial charge in [0.1, 0.15) is 0 Å². The molecule has 0 saturated heterocycles. The molecule has 0 radical (unpaired) electrons. The minimum Gasteiger partial charge on any atom is -0.355 e. The molecule has 0 aliphatic heterocycles. The first kappa shape index (κ1) is 18.7. The molecule has 0 aliphatic carbocycles. The highest BCUT2D eigenvalue weighted by atomic mass is 32.1. The van der Waals surface area contributed by atoms with Gasteiger partial charge in [-0.15, -0.1) is 11.3 Å². The number of hydrogen-bond donors (Lipinski definition) is 2. The molecular weight excluding hydrogens is 338 g/mol. The Bertz CT molecular complexity index is 727. The van der Waals surface area contributed by atoms with Crippen LogP contribution in [0.3, 0.4) is 0 Å². The van der Waals surface area contributed by atoms with Crippen LogP contribution in [0.2, 0.25) is 0 Å². The van der Waals surface area contributed by atoms with E-state index >= 15 is 0 Å². The van der Waals surface area contributed by atoms with Crippen molar-refractivity contribution in [2.45, 2.75) is 13.0 Å². The Kier molecular flexibility index (Phi) is 6.71. The van der Waals surface area contributed by atoms with Crippen molar-refractivity contribution in [3.8, 4) is 0 Å². The lowest BCUT2D eigenvalue weighted by molar-refractivity contribution is -0.130. The summed E-state index contributed by atoms with van der Waals surface area (Å²) in [5, 5.41) is 7.14. The number of rotatable bonds is 7. The monoisotopic (exact) mass is 359 g/mol. The van der Waals surface area contributed by atoms with E-state index in [9.17, 15) is 14.4 Å². The summed E-state index contributed by atoms with van der Waals surface area (Å²) in [6.07, 6.45) is 0.240. The van der Waals surface area contributed by atoms with E-state index in [1.807, 2.05) is 23.6 Å². The van der Waals surface area contributed by atoms with E-state index < -0.39 is 0 Å². The van der Waals surface area contributed by atoms with Gasteiger partial charge in [0.15, 0.2) is 0 Å². The zero-order valence-electron chi connectivity index (χ0n) is 14.2.